The van der Waals surface area contributed by atoms with Crippen LogP contribution in [0.5, 0.6) is 0 Å². The molecule has 1 saturated carbocycles. The maximum Gasteiger partial charge on any atom is 0.340 e. The summed E-state index contributed by atoms with van der Waals surface area (Å²) in [7, 11) is 0. The van der Waals surface area contributed by atoms with Crippen molar-refractivity contribution in [3.63, 3.8) is 0 Å². The molecule has 0 bridgehead atoms. The van der Waals surface area contributed by atoms with Gasteiger partial charge in [0.25, 0.3) is 0 Å². The summed E-state index contributed by atoms with van der Waals surface area (Å²) < 4.78 is 5.98. The van der Waals surface area contributed by atoms with Crippen LogP contribution < -0.4 is 0 Å². The number of allylic oxidation sites excluding steroid dienone is 5. The highest BCUT2D eigenvalue weighted by atomic mass is 16.5. The highest BCUT2D eigenvalue weighted by Crippen LogP contribution is 2.63. The highest BCUT2D eigenvalue weighted by Gasteiger charge is 2.57. The van der Waals surface area contributed by atoms with E-state index in [9.17, 15) is 9.59 Å². The van der Waals surface area contributed by atoms with E-state index in [0.717, 1.165) is 30.9 Å². The van der Waals surface area contributed by atoms with E-state index < -0.39 is 5.41 Å². The van der Waals surface area contributed by atoms with Crippen molar-refractivity contribution in [2.24, 2.45) is 34.5 Å². The first-order chi connectivity index (χ1) is 13.7. The Bertz CT molecular complexity index is 814. The molecule has 0 aromatic rings. The molecule has 0 unspecified atom stereocenters. The third-order valence-electron chi connectivity index (χ3n) is 8.54. The van der Waals surface area contributed by atoms with Crippen LogP contribution in [0.1, 0.15) is 79.6 Å². The molecule has 5 atom stereocenters. The molecule has 0 aromatic heterocycles. The van der Waals surface area contributed by atoms with Crippen LogP contribution in [0.2, 0.25) is 0 Å². The first-order valence-electron chi connectivity index (χ1n) is 11.6. The predicted molar refractivity (Wildman–Crippen MR) is 115 cm³/mol. The molecule has 1 fully saturated rings. The molecule has 0 amide bonds. The molecular formula is C26H36O3. The number of esters is 1. The molecule has 0 radical (unpaired) electrons. The van der Waals surface area contributed by atoms with Gasteiger partial charge in [-0.3, -0.25) is 4.79 Å². The fraction of sp³-hybridized carbons (Fsp3) is 0.692. The Morgan fingerprint density at radius 1 is 1.14 bits per heavy atom. The van der Waals surface area contributed by atoms with Gasteiger partial charge in [0.05, 0.1) is 5.57 Å². The lowest BCUT2D eigenvalue weighted by Crippen LogP contribution is -2.43. The topological polar surface area (TPSA) is 43.4 Å². The van der Waals surface area contributed by atoms with Crippen molar-refractivity contribution in [1.82, 2.24) is 0 Å². The summed E-state index contributed by atoms with van der Waals surface area (Å²) in [5.41, 5.74) is 1.50. The number of rotatable bonds is 5. The monoisotopic (exact) mass is 396 g/mol. The standard InChI is InChI=1S/C26H36O3/c1-16(2)7-6-8-17(3)19-9-10-20-23-21(12-14-25(19,20)4)26(5)13-11-18(27)15-22(26)24(28)29-23/h11,13,15-17,19-20H,6-10,12,14H2,1-5H3/t17-,19-,20+,25-,26-/m1/s1. The molecule has 158 valence electrons. The minimum Gasteiger partial charge on any atom is -0.427 e. The van der Waals surface area contributed by atoms with Gasteiger partial charge < -0.3 is 4.74 Å². The number of carbonyl (C=O) groups is 2. The van der Waals surface area contributed by atoms with Crippen molar-refractivity contribution in [3.8, 4) is 0 Å². The quantitative estimate of drug-likeness (QED) is 0.523. The molecule has 4 aliphatic rings. The molecule has 4 rings (SSSR count). The number of ether oxygens (including phenoxy) is 1. The van der Waals surface area contributed by atoms with Crippen molar-refractivity contribution in [2.45, 2.75) is 79.6 Å². The molecule has 1 aliphatic heterocycles. The van der Waals surface area contributed by atoms with Crippen LogP contribution in [-0.4, -0.2) is 11.8 Å². The summed E-state index contributed by atoms with van der Waals surface area (Å²) in [5, 5.41) is 0. The lowest BCUT2D eigenvalue weighted by Gasteiger charge is -2.49. The Hall–Kier alpha value is -1.64. The van der Waals surface area contributed by atoms with E-state index in [-0.39, 0.29) is 17.2 Å². The first-order valence-corrected chi connectivity index (χ1v) is 11.6. The second-order valence-electron chi connectivity index (χ2n) is 10.8. The van der Waals surface area contributed by atoms with Crippen molar-refractivity contribution >= 4 is 11.8 Å². The number of hydrogen-bond acceptors (Lipinski definition) is 3. The van der Waals surface area contributed by atoms with Gasteiger partial charge in [0.15, 0.2) is 5.78 Å². The summed E-state index contributed by atoms with van der Waals surface area (Å²) in [5.74, 6) is 3.02. The number of fused-ring (bicyclic) bond motifs is 4. The van der Waals surface area contributed by atoms with Crippen LogP contribution in [0, 0.1) is 34.5 Å². The SMILES string of the molecule is CC(C)CCC[C@@H](C)[C@H]1CC[C@H]2C3=C(CC[C@]12C)[C@@]1(C)C=CC(=O)C=C1C(=O)O3. The number of carbonyl (C=O) groups excluding carboxylic acids is 2. The average Bonchev–Trinajstić information content (AvgIpc) is 3.00. The van der Waals surface area contributed by atoms with E-state index in [1.807, 2.05) is 6.08 Å². The zero-order valence-corrected chi connectivity index (χ0v) is 18.7. The second-order valence-corrected chi connectivity index (χ2v) is 10.8. The van der Waals surface area contributed by atoms with Gasteiger partial charge >= 0.3 is 5.97 Å². The molecule has 0 saturated heterocycles. The summed E-state index contributed by atoms with van der Waals surface area (Å²) in [6.45, 7) is 11.6. The van der Waals surface area contributed by atoms with Crippen molar-refractivity contribution < 1.29 is 14.3 Å². The van der Waals surface area contributed by atoms with Crippen LogP contribution >= 0.6 is 0 Å². The minimum absolute atomic E-state index is 0.115. The Labute approximate surface area is 175 Å². The zero-order chi connectivity index (χ0) is 21.0. The van der Waals surface area contributed by atoms with Crippen molar-refractivity contribution in [1.29, 1.82) is 0 Å². The summed E-state index contributed by atoms with van der Waals surface area (Å²) in [4.78, 5) is 24.7. The van der Waals surface area contributed by atoms with Crippen molar-refractivity contribution in [3.05, 3.63) is 35.1 Å². The van der Waals surface area contributed by atoms with Gasteiger partial charge in [0, 0.05) is 11.3 Å². The van der Waals surface area contributed by atoms with Gasteiger partial charge in [-0.25, -0.2) is 4.79 Å². The third kappa shape index (κ3) is 3.25. The minimum atomic E-state index is -0.471. The van der Waals surface area contributed by atoms with Crippen LogP contribution in [-0.2, 0) is 14.3 Å². The van der Waals surface area contributed by atoms with E-state index in [2.05, 4.69) is 34.6 Å². The van der Waals surface area contributed by atoms with Crippen LogP contribution in [0.15, 0.2) is 35.1 Å². The lowest BCUT2D eigenvalue weighted by molar-refractivity contribution is -0.140. The van der Waals surface area contributed by atoms with Gasteiger partial charge in [0.2, 0.25) is 0 Å². The van der Waals surface area contributed by atoms with Crippen LogP contribution in [0.3, 0.4) is 0 Å². The van der Waals surface area contributed by atoms with Gasteiger partial charge in [-0.05, 0) is 73.5 Å². The zero-order valence-electron chi connectivity index (χ0n) is 18.7. The lowest BCUT2D eigenvalue weighted by atomic mass is 9.58. The Morgan fingerprint density at radius 2 is 1.90 bits per heavy atom. The maximum atomic E-state index is 12.8. The maximum absolute atomic E-state index is 12.8. The van der Waals surface area contributed by atoms with E-state index in [0.29, 0.717) is 23.3 Å². The van der Waals surface area contributed by atoms with Gasteiger partial charge in [-0.15, -0.1) is 0 Å². The Morgan fingerprint density at radius 3 is 2.62 bits per heavy atom. The van der Waals surface area contributed by atoms with Gasteiger partial charge in [0.1, 0.15) is 5.76 Å². The molecule has 1 heterocycles. The summed E-state index contributed by atoms with van der Waals surface area (Å²) in [6.07, 6.45) is 13.4. The normalized spacial score (nSPS) is 37.1. The van der Waals surface area contributed by atoms with E-state index in [1.54, 1.807) is 6.08 Å². The molecule has 3 nitrogen and oxygen atoms in total. The van der Waals surface area contributed by atoms with Gasteiger partial charge in [-0.1, -0.05) is 53.0 Å². The van der Waals surface area contributed by atoms with E-state index >= 15 is 0 Å². The third-order valence-corrected chi connectivity index (χ3v) is 8.54. The van der Waals surface area contributed by atoms with E-state index in [1.165, 1.54) is 37.3 Å². The van der Waals surface area contributed by atoms with E-state index in [4.69, 9.17) is 4.74 Å². The molecule has 3 aliphatic carbocycles. The summed E-state index contributed by atoms with van der Waals surface area (Å²) in [6, 6.07) is 0. The van der Waals surface area contributed by atoms with Crippen molar-refractivity contribution in [2.75, 3.05) is 0 Å². The smallest absolute Gasteiger partial charge is 0.340 e. The Kier molecular flexibility index (Phi) is 5.16. The molecule has 0 spiro atoms. The number of ketones is 1. The summed E-state index contributed by atoms with van der Waals surface area (Å²) >= 11 is 0. The molecule has 0 aromatic carbocycles. The largest absolute Gasteiger partial charge is 0.427 e. The van der Waals surface area contributed by atoms with Crippen LogP contribution in [0.25, 0.3) is 0 Å². The van der Waals surface area contributed by atoms with Gasteiger partial charge in [-0.2, -0.15) is 0 Å². The number of hydrogen-bond donors (Lipinski definition) is 0. The Balaban J connectivity index is 1.61. The fourth-order valence-electron chi connectivity index (χ4n) is 6.78. The molecular weight excluding hydrogens is 360 g/mol. The second kappa shape index (κ2) is 7.25. The average molecular weight is 397 g/mol. The molecule has 0 N–H and O–H groups in total. The molecule has 29 heavy (non-hydrogen) atoms. The molecule has 3 heteroatoms. The predicted octanol–water partition coefficient (Wildman–Crippen LogP) is 6.16. The van der Waals surface area contributed by atoms with Crippen LogP contribution in [0.4, 0.5) is 0 Å². The first kappa shape index (κ1) is 20.6. The fourth-order valence-corrected chi connectivity index (χ4v) is 6.78. The highest BCUT2D eigenvalue weighted by molar-refractivity contribution is 6.08.